The molecule has 9 heteroatoms. The van der Waals surface area contributed by atoms with Crippen LogP contribution in [0.15, 0.2) is 18.2 Å². The Bertz CT molecular complexity index is 582. The number of nitrogens with zero attached hydrogens (tertiary/aromatic N) is 2. The Kier molecular flexibility index (Phi) is 8.91. The molecule has 142 valence electrons. The maximum absolute atomic E-state index is 13.9. The van der Waals surface area contributed by atoms with E-state index in [4.69, 9.17) is 0 Å². The van der Waals surface area contributed by atoms with Crippen LogP contribution in [0.5, 0.6) is 0 Å². The number of nitrogens with one attached hydrogen (secondary N) is 1. The van der Waals surface area contributed by atoms with Crippen LogP contribution in [0.4, 0.5) is 8.78 Å². The summed E-state index contributed by atoms with van der Waals surface area (Å²) < 4.78 is 27.0. The molecule has 4 nitrogen and oxygen atoms in total. The van der Waals surface area contributed by atoms with Gasteiger partial charge in [-0.15, -0.1) is 36.6 Å². The van der Waals surface area contributed by atoms with Crippen molar-refractivity contribution >= 4 is 42.5 Å². The Morgan fingerprint density at radius 2 is 1.92 bits per heavy atom. The van der Waals surface area contributed by atoms with E-state index >= 15 is 0 Å². The van der Waals surface area contributed by atoms with Crippen LogP contribution in [0.3, 0.4) is 0 Å². The van der Waals surface area contributed by atoms with E-state index in [1.54, 1.807) is 11.8 Å². The highest BCUT2D eigenvalue weighted by atomic mass is 35.5. The van der Waals surface area contributed by atoms with Crippen molar-refractivity contribution in [1.29, 1.82) is 0 Å². The van der Waals surface area contributed by atoms with Gasteiger partial charge in [0.25, 0.3) is 0 Å². The zero-order valence-electron chi connectivity index (χ0n) is 13.9. The number of piperazine rings is 1. The summed E-state index contributed by atoms with van der Waals surface area (Å²) in [4.78, 5) is 16.4. The molecule has 2 unspecified atom stereocenters. The van der Waals surface area contributed by atoms with Crippen molar-refractivity contribution in [2.24, 2.45) is 0 Å². The number of halogens is 4. The van der Waals surface area contributed by atoms with Gasteiger partial charge in [0.05, 0.1) is 6.04 Å². The molecule has 1 aromatic carbocycles. The Morgan fingerprint density at radius 3 is 2.48 bits per heavy atom. The van der Waals surface area contributed by atoms with Crippen molar-refractivity contribution in [3.05, 3.63) is 35.4 Å². The molecule has 25 heavy (non-hydrogen) atoms. The third-order valence-electron chi connectivity index (χ3n) is 4.60. The molecule has 0 aromatic heterocycles. The number of benzene rings is 1. The third-order valence-corrected chi connectivity index (χ3v) is 5.54. The second-order valence-corrected chi connectivity index (χ2v) is 7.01. The fourth-order valence-electron chi connectivity index (χ4n) is 3.14. The average molecular weight is 414 g/mol. The minimum atomic E-state index is -0.559. The predicted octanol–water partition coefficient (Wildman–Crippen LogP) is 2.68. The van der Waals surface area contributed by atoms with Crippen molar-refractivity contribution in [2.75, 3.05) is 37.8 Å². The molecule has 0 saturated carbocycles. The number of thioether (sulfide) groups is 1. The van der Waals surface area contributed by atoms with Crippen LogP contribution < -0.4 is 5.32 Å². The minimum Gasteiger partial charge on any atom is -0.339 e. The molecule has 0 bridgehead atoms. The first-order chi connectivity index (χ1) is 11.1. The monoisotopic (exact) mass is 413 g/mol. The number of hydrogen-bond donors (Lipinski definition) is 1. The summed E-state index contributed by atoms with van der Waals surface area (Å²) in [5.41, 5.74) is 0.500. The molecular formula is C16H23Cl2F2N3OS. The highest BCUT2D eigenvalue weighted by Gasteiger charge is 2.31. The quantitative estimate of drug-likeness (QED) is 0.825. The van der Waals surface area contributed by atoms with Crippen molar-refractivity contribution in [2.45, 2.75) is 19.0 Å². The van der Waals surface area contributed by atoms with Crippen LogP contribution in [0.25, 0.3) is 0 Å². The Balaban J connectivity index is 0.00000156. The summed E-state index contributed by atoms with van der Waals surface area (Å²) in [6.07, 6.45) is 0. The van der Waals surface area contributed by atoms with Gasteiger partial charge in [-0.2, -0.15) is 0 Å². The highest BCUT2D eigenvalue weighted by molar-refractivity contribution is 7.99. The molecule has 0 spiro atoms. The molecule has 2 fully saturated rings. The number of amides is 1. The fourth-order valence-corrected chi connectivity index (χ4v) is 4.07. The maximum Gasteiger partial charge on any atom is 0.240 e. The number of rotatable bonds is 3. The van der Waals surface area contributed by atoms with Crippen LogP contribution in [-0.4, -0.2) is 59.6 Å². The second-order valence-electron chi connectivity index (χ2n) is 5.97. The zero-order chi connectivity index (χ0) is 16.4. The van der Waals surface area contributed by atoms with Gasteiger partial charge in [0.2, 0.25) is 5.91 Å². The van der Waals surface area contributed by atoms with E-state index in [1.165, 1.54) is 12.1 Å². The Morgan fingerprint density at radius 1 is 1.24 bits per heavy atom. The second kappa shape index (κ2) is 9.92. The number of hydrogen-bond acceptors (Lipinski definition) is 4. The molecule has 2 aliphatic rings. The van der Waals surface area contributed by atoms with Crippen molar-refractivity contribution in [1.82, 2.24) is 15.1 Å². The van der Waals surface area contributed by atoms with E-state index in [-0.39, 0.29) is 42.8 Å². The molecule has 1 amide bonds. The standard InChI is InChI=1S/C16H21F2N3OS.2ClH/c1-11(13-3-2-12(17)8-14(13)18)20-4-6-21(7-5-20)16(22)15-9-23-10-19-15;;/h2-3,8,11,15,19H,4-7,9-10H2,1H3;2*1H. The average Bonchev–Trinajstić information content (AvgIpc) is 3.08. The summed E-state index contributed by atoms with van der Waals surface area (Å²) in [6.45, 7) is 4.61. The molecule has 2 aliphatic heterocycles. The molecular weight excluding hydrogens is 391 g/mol. The van der Waals surface area contributed by atoms with Gasteiger partial charge in [-0.25, -0.2) is 8.78 Å². The largest absolute Gasteiger partial charge is 0.339 e. The first kappa shape index (κ1) is 22.4. The van der Waals surface area contributed by atoms with Crippen LogP contribution in [0.2, 0.25) is 0 Å². The Hall–Kier alpha value is -0.600. The topological polar surface area (TPSA) is 35.6 Å². The molecule has 0 aliphatic carbocycles. The molecule has 1 aromatic rings. The smallest absolute Gasteiger partial charge is 0.240 e. The van der Waals surface area contributed by atoms with Gasteiger partial charge in [0.15, 0.2) is 0 Å². The molecule has 0 radical (unpaired) electrons. The fraction of sp³-hybridized carbons (Fsp3) is 0.562. The van der Waals surface area contributed by atoms with Crippen LogP contribution in [0.1, 0.15) is 18.5 Å². The van der Waals surface area contributed by atoms with Gasteiger partial charge in [-0.05, 0) is 13.0 Å². The summed E-state index contributed by atoms with van der Waals surface area (Å²) in [5, 5.41) is 3.20. The van der Waals surface area contributed by atoms with Crippen LogP contribution in [-0.2, 0) is 4.79 Å². The van der Waals surface area contributed by atoms with Crippen LogP contribution >= 0.6 is 36.6 Å². The third kappa shape index (κ3) is 5.20. The van der Waals surface area contributed by atoms with Crippen molar-refractivity contribution < 1.29 is 13.6 Å². The molecule has 2 atom stereocenters. The van der Waals surface area contributed by atoms with Gasteiger partial charge in [-0.3, -0.25) is 15.0 Å². The summed E-state index contributed by atoms with van der Waals surface area (Å²) >= 11 is 1.74. The number of carbonyl (C=O) groups excluding carboxylic acids is 1. The SMILES string of the molecule is CC(c1ccc(F)cc1F)N1CCN(C(=O)C2CSCN2)CC1.Cl.Cl. The van der Waals surface area contributed by atoms with E-state index in [1.807, 2.05) is 11.8 Å². The zero-order valence-corrected chi connectivity index (χ0v) is 16.4. The van der Waals surface area contributed by atoms with Gasteiger partial charge < -0.3 is 4.90 Å². The molecule has 3 rings (SSSR count). The van der Waals surface area contributed by atoms with E-state index in [0.717, 1.165) is 17.7 Å². The first-order valence-electron chi connectivity index (χ1n) is 7.85. The summed E-state index contributed by atoms with van der Waals surface area (Å²) in [5.74, 6) is 0.752. The predicted molar refractivity (Wildman–Crippen MR) is 102 cm³/mol. The van der Waals surface area contributed by atoms with E-state index < -0.39 is 11.6 Å². The van der Waals surface area contributed by atoms with Gasteiger partial charge in [0, 0.05) is 55.5 Å². The van der Waals surface area contributed by atoms with Gasteiger partial charge in [-0.1, -0.05) is 6.07 Å². The summed E-state index contributed by atoms with van der Waals surface area (Å²) in [6, 6.07) is 3.52. The normalized spacial score (nSPS) is 22.0. The van der Waals surface area contributed by atoms with E-state index in [2.05, 4.69) is 10.2 Å². The minimum absolute atomic E-state index is 0. The van der Waals surface area contributed by atoms with Crippen molar-refractivity contribution in [3.8, 4) is 0 Å². The lowest BCUT2D eigenvalue weighted by Crippen LogP contribution is -2.53. The summed E-state index contributed by atoms with van der Waals surface area (Å²) in [7, 11) is 0. The van der Waals surface area contributed by atoms with Gasteiger partial charge >= 0.3 is 0 Å². The number of carbonyl (C=O) groups is 1. The van der Waals surface area contributed by atoms with Gasteiger partial charge in [0.1, 0.15) is 11.6 Å². The van der Waals surface area contributed by atoms with E-state index in [0.29, 0.717) is 31.7 Å². The first-order valence-corrected chi connectivity index (χ1v) is 9.00. The lowest BCUT2D eigenvalue weighted by Gasteiger charge is -2.39. The van der Waals surface area contributed by atoms with Crippen LogP contribution in [0, 0.1) is 11.6 Å². The Labute approximate surface area is 163 Å². The maximum atomic E-state index is 13.9. The van der Waals surface area contributed by atoms with E-state index in [9.17, 15) is 13.6 Å². The lowest BCUT2D eigenvalue weighted by molar-refractivity contribution is -0.134. The lowest BCUT2D eigenvalue weighted by atomic mass is 10.0. The van der Waals surface area contributed by atoms with Crippen molar-refractivity contribution in [3.63, 3.8) is 0 Å². The molecule has 2 heterocycles. The molecule has 2 saturated heterocycles. The highest BCUT2D eigenvalue weighted by Crippen LogP contribution is 2.25. The molecule has 1 N–H and O–H groups in total.